The van der Waals surface area contributed by atoms with E-state index in [1.54, 1.807) is 6.26 Å². The molecular formula is C19H22N8O2. The maximum absolute atomic E-state index is 6.09. The van der Waals surface area contributed by atoms with Gasteiger partial charge in [-0.1, -0.05) is 5.16 Å². The van der Waals surface area contributed by atoms with Crippen LogP contribution in [-0.2, 0) is 6.54 Å². The maximum Gasteiger partial charge on any atom is 0.228 e. The van der Waals surface area contributed by atoms with Crippen LogP contribution < -0.4 is 11.1 Å². The number of aryl methyl sites for hydroxylation is 1. The highest BCUT2D eigenvalue weighted by Gasteiger charge is 2.25. The molecule has 1 aliphatic heterocycles. The molecule has 1 aliphatic rings. The minimum Gasteiger partial charge on any atom is -0.463 e. The second-order valence-electron chi connectivity index (χ2n) is 7.26. The Morgan fingerprint density at radius 3 is 3.03 bits per heavy atom. The second kappa shape index (κ2) is 7.21. The number of nitrogens with two attached hydrogens (primary N) is 1. The van der Waals surface area contributed by atoms with E-state index in [1.165, 1.54) is 4.52 Å². The Hall–Kier alpha value is -3.40. The number of nitrogens with zero attached hydrogens (tertiary/aromatic N) is 6. The van der Waals surface area contributed by atoms with Crippen LogP contribution in [0, 0.1) is 6.92 Å². The summed E-state index contributed by atoms with van der Waals surface area (Å²) in [7, 11) is 0. The van der Waals surface area contributed by atoms with Crippen LogP contribution in [0.4, 0.5) is 11.9 Å². The molecular weight excluding hydrogens is 372 g/mol. The highest BCUT2D eigenvalue weighted by atomic mass is 16.5. The van der Waals surface area contributed by atoms with E-state index in [0.29, 0.717) is 29.1 Å². The van der Waals surface area contributed by atoms with E-state index in [0.717, 1.165) is 43.9 Å². The minimum atomic E-state index is 0.275. The molecule has 150 valence electrons. The molecule has 0 bridgehead atoms. The van der Waals surface area contributed by atoms with Gasteiger partial charge in [0.05, 0.1) is 12.0 Å². The molecule has 3 N–H and O–H groups in total. The van der Waals surface area contributed by atoms with E-state index in [4.69, 9.17) is 14.7 Å². The zero-order chi connectivity index (χ0) is 19.8. The van der Waals surface area contributed by atoms with Crippen molar-refractivity contribution in [3.63, 3.8) is 0 Å². The number of likely N-dealkylation sites (tertiary alicyclic amines) is 1. The fourth-order valence-electron chi connectivity index (χ4n) is 3.78. The van der Waals surface area contributed by atoms with Crippen molar-refractivity contribution in [2.75, 3.05) is 24.1 Å². The van der Waals surface area contributed by atoms with Gasteiger partial charge in [0.25, 0.3) is 0 Å². The predicted molar refractivity (Wildman–Crippen MR) is 106 cm³/mol. The number of hydrogen-bond donors (Lipinski definition) is 2. The molecule has 1 atom stereocenters. The van der Waals surface area contributed by atoms with Crippen LogP contribution in [0.25, 0.3) is 17.1 Å². The van der Waals surface area contributed by atoms with Gasteiger partial charge in [-0.05, 0) is 38.4 Å². The third-order valence-corrected chi connectivity index (χ3v) is 5.16. The summed E-state index contributed by atoms with van der Waals surface area (Å²) in [5.41, 5.74) is 8.33. The van der Waals surface area contributed by atoms with E-state index in [1.807, 2.05) is 31.2 Å². The van der Waals surface area contributed by atoms with E-state index in [9.17, 15) is 0 Å². The number of furan rings is 1. The molecule has 0 saturated carbocycles. The van der Waals surface area contributed by atoms with Crippen LogP contribution in [0.15, 0.2) is 39.5 Å². The zero-order valence-electron chi connectivity index (χ0n) is 16.1. The number of nitrogens with one attached hydrogen (secondary N) is 1. The van der Waals surface area contributed by atoms with Gasteiger partial charge in [0.2, 0.25) is 11.9 Å². The summed E-state index contributed by atoms with van der Waals surface area (Å²) in [6.45, 7) is 4.45. The van der Waals surface area contributed by atoms with Gasteiger partial charge in [0, 0.05) is 31.3 Å². The van der Waals surface area contributed by atoms with Crippen molar-refractivity contribution in [3.8, 4) is 11.5 Å². The number of aromatic nitrogens is 5. The molecule has 0 aliphatic carbocycles. The van der Waals surface area contributed by atoms with Crippen molar-refractivity contribution < 1.29 is 8.94 Å². The van der Waals surface area contributed by atoms with Crippen LogP contribution in [0.1, 0.15) is 24.3 Å². The van der Waals surface area contributed by atoms with Crippen molar-refractivity contribution in [2.24, 2.45) is 0 Å². The van der Waals surface area contributed by atoms with Crippen molar-refractivity contribution in [2.45, 2.75) is 32.4 Å². The lowest BCUT2D eigenvalue weighted by Crippen LogP contribution is -2.34. The van der Waals surface area contributed by atoms with E-state index in [-0.39, 0.29) is 5.95 Å². The first-order valence-electron chi connectivity index (χ1n) is 9.63. The average molecular weight is 394 g/mol. The van der Waals surface area contributed by atoms with Crippen LogP contribution in [0.5, 0.6) is 0 Å². The third-order valence-electron chi connectivity index (χ3n) is 5.16. The first-order chi connectivity index (χ1) is 14.2. The summed E-state index contributed by atoms with van der Waals surface area (Å²) in [6.07, 6.45) is 3.87. The van der Waals surface area contributed by atoms with Gasteiger partial charge >= 0.3 is 0 Å². The topological polar surface area (TPSA) is 124 Å². The van der Waals surface area contributed by atoms with Crippen LogP contribution in [0.3, 0.4) is 0 Å². The van der Waals surface area contributed by atoms with Gasteiger partial charge in [-0.25, -0.2) is 0 Å². The number of fused-ring (bicyclic) bond motifs is 1. The first-order valence-corrected chi connectivity index (χ1v) is 9.63. The molecule has 4 aromatic rings. The highest BCUT2D eigenvalue weighted by molar-refractivity contribution is 5.61. The molecule has 1 unspecified atom stereocenters. The average Bonchev–Trinajstić information content (AvgIpc) is 3.48. The largest absolute Gasteiger partial charge is 0.463 e. The zero-order valence-corrected chi connectivity index (χ0v) is 16.1. The van der Waals surface area contributed by atoms with E-state index in [2.05, 4.69) is 30.4 Å². The SMILES string of the molecule is Cc1cc(CN2CCCC2CNc2nc(N)n3nc(-c4ccco4)cc3n2)no1. The molecule has 29 heavy (non-hydrogen) atoms. The third kappa shape index (κ3) is 3.54. The molecule has 1 fully saturated rings. The normalized spacial score (nSPS) is 17.3. The van der Waals surface area contributed by atoms with Crippen LogP contribution in [0.2, 0.25) is 0 Å². The molecule has 0 radical (unpaired) electrons. The molecule has 1 saturated heterocycles. The van der Waals surface area contributed by atoms with Gasteiger partial charge in [0.1, 0.15) is 11.5 Å². The van der Waals surface area contributed by atoms with Gasteiger partial charge in [-0.2, -0.15) is 19.6 Å². The number of hydrogen-bond acceptors (Lipinski definition) is 9. The molecule has 0 amide bonds. The Labute approximate surface area is 166 Å². The summed E-state index contributed by atoms with van der Waals surface area (Å²) in [5.74, 6) is 2.26. The van der Waals surface area contributed by atoms with Gasteiger partial charge in [-0.15, -0.1) is 0 Å². The predicted octanol–water partition coefficient (Wildman–Crippen LogP) is 2.34. The fraction of sp³-hybridized carbons (Fsp3) is 0.368. The van der Waals surface area contributed by atoms with E-state index >= 15 is 0 Å². The Bertz CT molecular complexity index is 1120. The first kappa shape index (κ1) is 17.7. The molecule has 10 heteroatoms. The van der Waals surface area contributed by atoms with E-state index < -0.39 is 0 Å². The fourth-order valence-corrected chi connectivity index (χ4v) is 3.78. The summed E-state index contributed by atoms with van der Waals surface area (Å²) in [4.78, 5) is 11.3. The Morgan fingerprint density at radius 2 is 2.24 bits per heavy atom. The number of rotatable bonds is 6. The summed E-state index contributed by atoms with van der Waals surface area (Å²) < 4.78 is 12.1. The van der Waals surface area contributed by atoms with Crippen LogP contribution in [-0.4, -0.2) is 48.8 Å². The standard InChI is InChI=1S/C19H22N8O2/c1-12-8-13(25-29-12)11-26-6-2-4-14(26)10-21-19-22-17-9-15(16-5-3-7-28-16)24-27(17)18(20)23-19/h3,5,7-9,14H,2,4,6,10-11H2,1H3,(H3,20,21,22,23). The molecule has 0 aromatic carbocycles. The lowest BCUT2D eigenvalue weighted by atomic mass is 10.2. The smallest absolute Gasteiger partial charge is 0.228 e. The van der Waals surface area contributed by atoms with Gasteiger partial charge in [0.15, 0.2) is 11.4 Å². The molecule has 10 nitrogen and oxygen atoms in total. The molecule has 4 aromatic heterocycles. The Morgan fingerprint density at radius 1 is 1.31 bits per heavy atom. The highest BCUT2D eigenvalue weighted by Crippen LogP contribution is 2.22. The lowest BCUT2D eigenvalue weighted by molar-refractivity contribution is 0.245. The molecule has 5 heterocycles. The van der Waals surface area contributed by atoms with Gasteiger partial charge in [-0.3, -0.25) is 4.90 Å². The minimum absolute atomic E-state index is 0.275. The van der Waals surface area contributed by atoms with Crippen molar-refractivity contribution in [1.82, 2.24) is 29.6 Å². The van der Waals surface area contributed by atoms with Crippen molar-refractivity contribution in [3.05, 3.63) is 42.0 Å². The van der Waals surface area contributed by atoms with Crippen molar-refractivity contribution in [1.29, 1.82) is 0 Å². The maximum atomic E-state index is 6.09. The Balaban J connectivity index is 1.29. The summed E-state index contributed by atoms with van der Waals surface area (Å²) in [5, 5.41) is 11.9. The quantitative estimate of drug-likeness (QED) is 0.507. The van der Waals surface area contributed by atoms with Crippen LogP contribution >= 0.6 is 0 Å². The summed E-state index contributed by atoms with van der Waals surface area (Å²) >= 11 is 0. The summed E-state index contributed by atoms with van der Waals surface area (Å²) in [6, 6.07) is 7.84. The second-order valence-corrected chi connectivity index (χ2v) is 7.26. The number of anilines is 2. The molecule has 5 rings (SSSR count). The monoisotopic (exact) mass is 394 g/mol. The van der Waals surface area contributed by atoms with Crippen molar-refractivity contribution >= 4 is 17.5 Å². The molecule has 0 spiro atoms. The lowest BCUT2D eigenvalue weighted by Gasteiger charge is -2.23. The number of nitrogen functional groups attached to an aromatic ring is 1. The Kier molecular flexibility index (Phi) is 4.39. The van der Waals surface area contributed by atoms with Gasteiger partial charge < -0.3 is 20.0 Å².